The molecule has 0 atom stereocenters. The number of Topliss-reactive ketones (excluding diaryl/α,β-unsaturated/α-hetero) is 1. The Morgan fingerprint density at radius 3 is 2.71 bits per heavy atom. The molecule has 2 rings (SSSR count). The number of carbonyl (C=O) groups excluding carboxylic acids is 2. The second-order valence-corrected chi connectivity index (χ2v) is 3.68. The van der Waals surface area contributed by atoms with Crippen molar-refractivity contribution >= 4 is 22.8 Å². The third-order valence-electron chi connectivity index (χ3n) is 2.58. The zero-order chi connectivity index (χ0) is 12.4. The molecule has 0 aliphatic rings. The van der Waals surface area contributed by atoms with Crippen LogP contribution in [0.25, 0.3) is 10.9 Å². The second kappa shape index (κ2) is 4.41. The van der Waals surface area contributed by atoms with Gasteiger partial charge >= 0.3 is 6.09 Å². The summed E-state index contributed by atoms with van der Waals surface area (Å²) in [6, 6.07) is 7.05. The van der Waals surface area contributed by atoms with Gasteiger partial charge in [-0.25, -0.2) is 4.79 Å². The standard InChI is InChI=1S/C13H13NO3/c1-3-17-13(16)14-8-7-11-10(9(2)15)5-4-6-12(11)14/h4-8H,3H2,1-2H3. The smallest absolute Gasteiger partial charge is 0.418 e. The molecule has 0 saturated carbocycles. The van der Waals surface area contributed by atoms with Crippen LogP contribution in [0.2, 0.25) is 0 Å². The molecule has 0 radical (unpaired) electrons. The van der Waals surface area contributed by atoms with E-state index in [4.69, 9.17) is 4.74 Å². The van der Waals surface area contributed by atoms with Gasteiger partial charge in [0.15, 0.2) is 5.78 Å². The minimum atomic E-state index is -0.428. The lowest BCUT2D eigenvalue weighted by atomic mass is 10.1. The molecule has 17 heavy (non-hydrogen) atoms. The lowest BCUT2D eigenvalue weighted by molar-refractivity contribution is 0.101. The summed E-state index contributed by atoms with van der Waals surface area (Å²) in [7, 11) is 0. The van der Waals surface area contributed by atoms with Crippen molar-refractivity contribution in [2.75, 3.05) is 6.61 Å². The van der Waals surface area contributed by atoms with E-state index < -0.39 is 6.09 Å². The monoisotopic (exact) mass is 231 g/mol. The molecule has 0 amide bonds. The Morgan fingerprint density at radius 2 is 2.06 bits per heavy atom. The number of ether oxygens (including phenoxy) is 1. The third kappa shape index (κ3) is 1.93. The molecule has 0 fully saturated rings. The minimum Gasteiger partial charge on any atom is -0.449 e. The Bertz CT molecular complexity index is 583. The van der Waals surface area contributed by atoms with Gasteiger partial charge in [-0.05, 0) is 26.0 Å². The van der Waals surface area contributed by atoms with Gasteiger partial charge in [-0.15, -0.1) is 0 Å². The van der Waals surface area contributed by atoms with Gasteiger partial charge in [0.1, 0.15) is 0 Å². The van der Waals surface area contributed by atoms with E-state index in [1.165, 1.54) is 11.5 Å². The molecular formula is C13H13NO3. The van der Waals surface area contributed by atoms with E-state index in [2.05, 4.69) is 0 Å². The van der Waals surface area contributed by atoms with Crippen LogP contribution >= 0.6 is 0 Å². The van der Waals surface area contributed by atoms with Crippen LogP contribution < -0.4 is 0 Å². The fourth-order valence-electron chi connectivity index (χ4n) is 1.83. The summed E-state index contributed by atoms with van der Waals surface area (Å²) >= 11 is 0. The van der Waals surface area contributed by atoms with E-state index in [0.29, 0.717) is 17.7 Å². The number of benzene rings is 1. The van der Waals surface area contributed by atoms with Gasteiger partial charge in [0.2, 0.25) is 0 Å². The normalized spacial score (nSPS) is 10.5. The minimum absolute atomic E-state index is 0.0165. The molecule has 1 aromatic carbocycles. The summed E-state index contributed by atoms with van der Waals surface area (Å²) in [6.07, 6.45) is 1.19. The number of ketones is 1. The molecule has 1 aromatic heterocycles. The van der Waals surface area contributed by atoms with Gasteiger partial charge in [-0.3, -0.25) is 9.36 Å². The van der Waals surface area contributed by atoms with Crippen LogP contribution in [0.3, 0.4) is 0 Å². The Kier molecular flexibility index (Phi) is 2.95. The Morgan fingerprint density at radius 1 is 1.29 bits per heavy atom. The maximum Gasteiger partial charge on any atom is 0.418 e. The highest BCUT2D eigenvalue weighted by atomic mass is 16.5. The predicted octanol–water partition coefficient (Wildman–Crippen LogP) is 2.85. The maximum absolute atomic E-state index is 11.7. The molecule has 0 aliphatic heterocycles. The van der Waals surface area contributed by atoms with Crippen molar-refractivity contribution in [3.05, 3.63) is 36.0 Å². The Hall–Kier alpha value is -2.10. The van der Waals surface area contributed by atoms with Gasteiger partial charge < -0.3 is 4.74 Å². The lowest BCUT2D eigenvalue weighted by Crippen LogP contribution is -2.12. The fraction of sp³-hybridized carbons (Fsp3) is 0.231. The van der Waals surface area contributed by atoms with Crippen molar-refractivity contribution in [3.63, 3.8) is 0 Å². The molecular weight excluding hydrogens is 218 g/mol. The molecule has 88 valence electrons. The zero-order valence-corrected chi connectivity index (χ0v) is 9.77. The van der Waals surface area contributed by atoms with Gasteiger partial charge in [0.05, 0.1) is 12.1 Å². The first-order valence-electron chi connectivity index (χ1n) is 5.43. The summed E-state index contributed by atoms with van der Waals surface area (Å²) in [5.74, 6) is -0.0165. The van der Waals surface area contributed by atoms with Crippen molar-refractivity contribution in [2.45, 2.75) is 13.8 Å². The zero-order valence-electron chi connectivity index (χ0n) is 9.77. The molecule has 0 N–H and O–H groups in total. The first-order chi connectivity index (χ1) is 8.15. The Balaban J connectivity index is 2.58. The second-order valence-electron chi connectivity index (χ2n) is 3.68. The first-order valence-corrected chi connectivity index (χ1v) is 5.43. The fourth-order valence-corrected chi connectivity index (χ4v) is 1.83. The molecule has 0 bridgehead atoms. The Labute approximate surface area is 98.8 Å². The summed E-state index contributed by atoms with van der Waals surface area (Å²) < 4.78 is 6.34. The molecule has 0 unspecified atom stereocenters. The third-order valence-corrected chi connectivity index (χ3v) is 2.58. The van der Waals surface area contributed by atoms with E-state index in [1.807, 2.05) is 0 Å². The summed E-state index contributed by atoms with van der Waals surface area (Å²) in [4.78, 5) is 23.1. The van der Waals surface area contributed by atoms with Crippen molar-refractivity contribution in [1.29, 1.82) is 0 Å². The van der Waals surface area contributed by atoms with Crippen LogP contribution in [0, 0.1) is 0 Å². The topological polar surface area (TPSA) is 48.3 Å². The van der Waals surface area contributed by atoms with Gasteiger partial charge in [-0.2, -0.15) is 0 Å². The number of hydrogen-bond acceptors (Lipinski definition) is 3. The molecule has 1 heterocycles. The quantitative estimate of drug-likeness (QED) is 0.747. The summed E-state index contributed by atoms with van der Waals surface area (Å²) in [5.41, 5.74) is 1.31. The number of aromatic nitrogens is 1. The molecule has 2 aromatic rings. The van der Waals surface area contributed by atoms with E-state index in [-0.39, 0.29) is 5.78 Å². The number of hydrogen-bond donors (Lipinski definition) is 0. The first kappa shape index (κ1) is 11.4. The highest BCUT2D eigenvalue weighted by Gasteiger charge is 2.12. The average molecular weight is 231 g/mol. The van der Waals surface area contributed by atoms with E-state index >= 15 is 0 Å². The number of carbonyl (C=O) groups is 2. The molecule has 4 nitrogen and oxygen atoms in total. The van der Waals surface area contributed by atoms with Gasteiger partial charge in [0, 0.05) is 17.1 Å². The maximum atomic E-state index is 11.7. The molecule has 0 spiro atoms. The van der Waals surface area contributed by atoms with E-state index in [1.54, 1.807) is 37.4 Å². The van der Waals surface area contributed by atoms with Gasteiger partial charge in [0.25, 0.3) is 0 Å². The van der Waals surface area contributed by atoms with E-state index in [0.717, 1.165) is 5.39 Å². The number of fused-ring (bicyclic) bond motifs is 1. The van der Waals surface area contributed by atoms with Crippen LogP contribution in [0.4, 0.5) is 4.79 Å². The molecule has 0 aliphatic carbocycles. The number of rotatable bonds is 2. The van der Waals surface area contributed by atoms with Crippen LogP contribution in [-0.4, -0.2) is 23.1 Å². The largest absolute Gasteiger partial charge is 0.449 e. The van der Waals surface area contributed by atoms with Crippen molar-refractivity contribution in [1.82, 2.24) is 4.57 Å². The van der Waals surface area contributed by atoms with Gasteiger partial charge in [-0.1, -0.05) is 12.1 Å². The van der Waals surface area contributed by atoms with Crippen LogP contribution in [0.5, 0.6) is 0 Å². The summed E-state index contributed by atoms with van der Waals surface area (Å²) in [5, 5.41) is 0.771. The SMILES string of the molecule is CCOC(=O)n1ccc2c(C(C)=O)cccc21. The van der Waals surface area contributed by atoms with Crippen LogP contribution in [-0.2, 0) is 4.74 Å². The van der Waals surface area contributed by atoms with Crippen LogP contribution in [0.15, 0.2) is 30.5 Å². The highest BCUT2D eigenvalue weighted by Crippen LogP contribution is 2.20. The lowest BCUT2D eigenvalue weighted by Gasteiger charge is -2.04. The predicted molar refractivity (Wildman–Crippen MR) is 64.4 cm³/mol. The van der Waals surface area contributed by atoms with Crippen molar-refractivity contribution in [2.24, 2.45) is 0 Å². The van der Waals surface area contributed by atoms with Crippen molar-refractivity contribution < 1.29 is 14.3 Å². The molecule has 4 heteroatoms. The summed E-state index contributed by atoms with van der Waals surface area (Å²) in [6.45, 7) is 3.59. The molecule has 0 saturated heterocycles. The highest BCUT2D eigenvalue weighted by molar-refractivity contribution is 6.07. The number of nitrogens with zero attached hydrogens (tertiary/aromatic N) is 1. The average Bonchev–Trinajstić information content (AvgIpc) is 2.72. The van der Waals surface area contributed by atoms with Crippen molar-refractivity contribution in [3.8, 4) is 0 Å². The van der Waals surface area contributed by atoms with E-state index in [9.17, 15) is 9.59 Å². The van der Waals surface area contributed by atoms with Crippen LogP contribution in [0.1, 0.15) is 24.2 Å².